The summed E-state index contributed by atoms with van der Waals surface area (Å²) in [4.78, 5) is 0. The summed E-state index contributed by atoms with van der Waals surface area (Å²) in [6, 6.07) is 0. The lowest BCUT2D eigenvalue weighted by atomic mass is 10.0. The fourth-order valence-electron chi connectivity index (χ4n) is 3.08. The van der Waals surface area contributed by atoms with E-state index in [1.54, 1.807) is 0 Å². The van der Waals surface area contributed by atoms with Crippen molar-refractivity contribution >= 4 is 0 Å². The number of hydrogen-bond acceptors (Lipinski definition) is 1. The Bertz CT molecular complexity index is 190. The molecule has 0 amide bonds. The van der Waals surface area contributed by atoms with Gasteiger partial charge in [-0.3, -0.25) is 0 Å². The Morgan fingerprint density at radius 2 is 0.909 bits per heavy atom. The van der Waals surface area contributed by atoms with Crippen LogP contribution in [0.2, 0.25) is 0 Å². The molecule has 134 valence electrons. The van der Waals surface area contributed by atoms with Crippen LogP contribution >= 0.6 is 0 Å². The van der Waals surface area contributed by atoms with Crippen molar-refractivity contribution in [1.82, 2.24) is 0 Å². The summed E-state index contributed by atoms with van der Waals surface area (Å²) in [6.45, 7) is 7.75. The van der Waals surface area contributed by atoms with E-state index in [1.165, 1.54) is 96.3 Å². The van der Waals surface area contributed by atoms with Gasteiger partial charge in [-0.2, -0.15) is 0 Å². The predicted octanol–water partition coefficient (Wildman–Crippen LogP) is 7.67. The van der Waals surface area contributed by atoms with Gasteiger partial charge in [-0.15, -0.1) is 0 Å². The van der Waals surface area contributed by atoms with Gasteiger partial charge >= 0.3 is 0 Å². The molecular formula is C21H44O. The maximum atomic E-state index is 6.06. The molecule has 0 aromatic carbocycles. The molecule has 0 spiro atoms. The van der Waals surface area contributed by atoms with E-state index in [2.05, 4.69) is 20.8 Å². The van der Waals surface area contributed by atoms with Gasteiger partial charge < -0.3 is 4.74 Å². The van der Waals surface area contributed by atoms with Crippen LogP contribution in [0.25, 0.3) is 0 Å². The Morgan fingerprint density at radius 1 is 0.500 bits per heavy atom. The molecule has 0 saturated heterocycles. The highest BCUT2D eigenvalue weighted by Gasteiger charge is 2.08. The smallest absolute Gasteiger partial charge is 0.0575 e. The van der Waals surface area contributed by atoms with Crippen molar-refractivity contribution in [3.63, 3.8) is 0 Å². The number of hydrogen-bond donors (Lipinski definition) is 0. The van der Waals surface area contributed by atoms with Crippen LogP contribution in [0.3, 0.4) is 0 Å². The summed E-state index contributed by atoms with van der Waals surface area (Å²) in [5, 5.41) is 0. The minimum Gasteiger partial charge on any atom is -0.378 e. The zero-order chi connectivity index (χ0) is 16.3. The van der Waals surface area contributed by atoms with Crippen LogP contribution in [-0.2, 0) is 4.74 Å². The largest absolute Gasteiger partial charge is 0.378 e. The van der Waals surface area contributed by atoms with Crippen LogP contribution in [0.1, 0.15) is 124 Å². The molecule has 0 radical (unpaired) electrons. The molecule has 0 aliphatic heterocycles. The molecule has 0 heterocycles. The standard InChI is InChI=1S/C21H44O/c1-4-7-9-11-12-13-15-17-19-21(22-20-6-3)18-16-14-10-8-5-2/h21H,4-20H2,1-3H3. The van der Waals surface area contributed by atoms with E-state index in [1.807, 2.05) is 0 Å². The monoisotopic (exact) mass is 312 g/mol. The lowest BCUT2D eigenvalue weighted by molar-refractivity contribution is 0.0385. The lowest BCUT2D eigenvalue weighted by Crippen LogP contribution is -2.13. The molecule has 0 saturated carbocycles. The molecule has 1 unspecified atom stereocenters. The van der Waals surface area contributed by atoms with E-state index in [0.717, 1.165) is 13.0 Å². The van der Waals surface area contributed by atoms with Crippen molar-refractivity contribution in [2.45, 2.75) is 130 Å². The van der Waals surface area contributed by atoms with Gasteiger partial charge in [0.15, 0.2) is 0 Å². The quantitative estimate of drug-likeness (QED) is 0.236. The molecule has 0 bridgehead atoms. The lowest BCUT2D eigenvalue weighted by Gasteiger charge is -2.17. The summed E-state index contributed by atoms with van der Waals surface area (Å²) in [7, 11) is 0. The van der Waals surface area contributed by atoms with Crippen LogP contribution in [0.4, 0.5) is 0 Å². The van der Waals surface area contributed by atoms with Gasteiger partial charge in [0.05, 0.1) is 6.10 Å². The Morgan fingerprint density at radius 3 is 1.32 bits per heavy atom. The molecule has 1 nitrogen and oxygen atoms in total. The highest BCUT2D eigenvalue weighted by atomic mass is 16.5. The molecule has 0 aliphatic rings. The normalized spacial score (nSPS) is 12.7. The van der Waals surface area contributed by atoms with Crippen LogP contribution < -0.4 is 0 Å². The average molecular weight is 313 g/mol. The predicted molar refractivity (Wildman–Crippen MR) is 101 cm³/mol. The Balaban J connectivity index is 3.53. The summed E-state index contributed by atoms with van der Waals surface area (Å²) in [6.07, 6.45) is 22.5. The Hall–Kier alpha value is -0.0400. The van der Waals surface area contributed by atoms with Crippen molar-refractivity contribution in [2.24, 2.45) is 0 Å². The van der Waals surface area contributed by atoms with Crippen molar-refractivity contribution in [1.29, 1.82) is 0 Å². The summed E-state index contributed by atoms with van der Waals surface area (Å²) in [5.41, 5.74) is 0. The van der Waals surface area contributed by atoms with Crippen LogP contribution in [-0.4, -0.2) is 12.7 Å². The van der Waals surface area contributed by atoms with Gasteiger partial charge in [-0.1, -0.05) is 104 Å². The fraction of sp³-hybridized carbons (Fsp3) is 1.00. The van der Waals surface area contributed by atoms with Crippen molar-refractivity contribution in [2.75, 3.05) is 6.61 Å². The van der Waals surface area contributed by atoms with E-state index in [0.29, 0.717) is 6.10 Å². The average Bonchev–Trinajstić information content (AvgIpc) is 2.54. The number of unbranched alkanes of at least 4 members (excludes halogenated alkanes) is 11. The fourth-order valence-corrected chi connectivity index (χ4v) is 3.08. The highest BCUT2D eigenvalue weighted by molar-refractivity contribution is 4.60. The van der Waals surface area contributed by atoms with Crippen LogP contribution in [0.15, 0.2) is 0 Å². The number of rotatable bonds is 18. The third kappa shape index (κ3) is 16.3. The molecule has 0 fully saturated rings. The first-order chi connectivity index (χ1) is 10.8. The molecule has 0 aliphatic carbocycles. The summed E-state index contributed by atoms with van der Waals surface area (Å²) >= 11 is 0. The highest BCUT2D eigenvalue weighted by Crippen LogP contribution is 2.17. The molecule has 1 atom stereocenters. The molecule has 0 rings (SSSR count). The van der Waals surface area contributed by atoms with Crippen molar-refractivity contribution in [3.8, 4) is 0 Å². The number of ether oxygens (including phenoxy) is 1. The van der Waals surface area contributed by atoms with Gasteiger partial charge in [-0.25, -0.2) is 0 Å². The SMILES string of the molecule is CCCCCCCCCCC(CCCCCCC)OCCC. The van der Waals surface area contributed by atoms with Crippen molar-refractivity contribution in [3.05, 3.63) is 0 Å². The minimum atomic E-state index is 0.543. The van der Waals surface area contributed by atoms with E-state index < -0.39 is 0 Å². The van der Waals surface area contributed by atoms with Crippen molar-refractivity contribution < 1.29 is 4.74 Å². The van der Waals surface area contributed by atoms with Crippen LogP contribution in [0.5, 0.6) is 0 Å². The van der Waals surface area contributed by atoms with E-state index in [9.17, 15) is 0 Å². The molecular weight excluding hydrogens is 268 g/mol. The van der Waals surface area contributed by atoms with Gasteiger partial charge in [0.2, 0.25) is 0 Å². The zero-order valence-corrected chi connectivity index (χ0v) is 16.0. The molecule has 0 N–H and O–H groups in total. The maximum absolute atomic E-state index is 6.06. The second-order valence-electron chi connectivity index (χ2n) is 6.96. The zero-order valence-electron chi connectivity index (χ0n) is 16.0. The van der Waals surface area contributed by atoms with Crippen LogP contribution in [0, 0.1) is 0 Å². The van der Waals surface area contributed by atoms with Gasteiger partial charge in [0.25, 0.3) is 0 Å². The molecule has 0 aromatic rings. The first kappa shape index (κ1) is 22.0. The summed E-state index contributed by atoms with van der Waals surface area (Å²) < 4.78 is 6.06. The molecule has 22 heavy (non-hydrogen) atoms. The minimum absolute atomic E-state index is 0.543. The van der Waals surface area contributed by atoms with Gasteiger partial charge in [0, 0.05) is 6.61 Å². The van der Waals surface area contributed by atoms with E-state index in [-0.39, 0.29) is 0 Å². The van der Waals surface area contributed by atoms with Gasteiger partial charge in [0.1, 0.15) is 0 Å². The third-order valence-electron chi connectivity index (χ3n) is 4.57. The maximum Gasteiger partial charge on any atom is 0.0575 e. The first-order valence-electron chi connectivity index (χ1n) is 10.5. The van der Waals surface area contributed by atoms with E-state index >= 15 is 0 Å². The topological polar surface area (TPSA) is 9.23 Å². The van der Waals surface area contributed by atoms with E-state index in [4.69, 9.17) is 4.74 Å². The Kier molecular flexibility index (Phi) is 19.0. The molecule has 0 aromatic heterocycles. The second-order valence-corrected chi connectivity index (χ2v) is 6.96. The molecule has 1 heteroatoms. The second kappa shape index (κ2) is 19.0. The Labute approximate surface area is 141 Å². The van der Waals surface area contributed by atoms with Gasteiger partial charge in [-0.05, 0) is 19.3 Å². The summed E-state index contributed by atoms with van der Waals surface area (Å²) in [5.74, 6) is 0. The first-order valence-corrected chi connectivity index (χ1v) is 10.5. The third-order valence-corrected chi connectivity index (χ3v) is 4.57.